The molecule has 0 unspecified atom stereocenters. The fraction of sp³-hybridized carbons (Fsp3) is 0.167. The van der Waals surface area contributed by atoms with E-state index in [1.165, 1.54) is 12.1 Å². The molecule has 0 aromatic heterocycles. The molecule has 0 saturated heterocycles. The first kappa shape index (κ1) is 18.1. The first-order chi connectivity index (χ1) is 11.9. The first-order valence-electron chi connectivity index (χ1n) is 7.35. The van der Waals surface area contributed by atoms with Gasteiger partial charge in [0.15, 0.2) is 0 Å². The minimum absolute atomic E-state index is 0.0592. The standard InChI is InChI=1S/C18H14F2N2O3/c19-14-5-2-6-15(20)13(14)9-17(23)22-16(18(24)25)8-11-3-1-4-12(7-11)10-21/h1-7,16H,8-9H2,(H,22,23)(H,24,25)/t16-/m1/s1. The topological polar surface area (TPSA) is 90.2 Å². The fourth-order valence-electron chi connectivity index (χ4n) is 2.31. The molecule has 2 rings (SSSR count). The van der Waals surface area contributed by atoms with Crippen LogP contribution in [0.15, 0.2) is 42.5 Å². The van der Waals surface area contributed by atoms with Crippen molar-refractivity contribution in [3.8, 4) is 6.07 Å². The van der Waals surface area contributed by atoms with Gasteiger partial charge >= 0.3 is 5.97 Å². The molecule has 128 valence electrons. The Kier molecular flexibility index (Phi) is 5.79. The largest absolute Gasteiger partial charge is 0.480 e. The van der Waals surface area contributed by atoms with E-state index in [0.717, 1.165) is 12.1 Å². The van der Waals surface area contributed by atoms with Crippen LogP contribution >= 0.6 is 0 Å². The number of aliphatic carboxylic acids is 1. The van der Waals surface area contributed by atoms with E-state index in [1.54, 1.807) is 18.2 Å². The maximum Gasteiger partial charge on any atom is 0.326 e. The van der Waals surface area contributed by atoms with Crippen LogP contribution in [0.2, 0.25) is 0 Å². The Labute approximate surface area is 142 Å². The minimum atomic E-state index is -1.29. The Bertz CT molecular complexity index is 826. The van der Waals surface area contributed by atoms with E-state index in [0.29, 0.717) is 11.1 Å². The molecule has 25 heavy (non-hydrogen) atoms. The molecule has 2 N–H and O–H groups in total. The number of nitriles is 1. The van der Waals surface area contributed by atoms with E-state index in [2.05, 4.69) is 5.32 Å². The van der Waals surface area contributed by atoms with Crippen molar-refractivity contribution in [1.29, 1.82) is 5.26 Å². The lowest BCUT2D eigenvalue weighted by Gasteiger charge is -2.15. The van der Waals surface area contributed by atoms with Crippen molar-refractivity contribution in [3.63, 3.8) is 0 Å². The summed E-state index contributed by atoms with van der Waals surface area (Å²) in [6.45, 7) is 0. The van der Waals surface area contributed by atoms with E-state index < -0.39 is 41.5 Å². The van der Waals surface area contributed by atoms with Gasteiger partial charge in [-0.05, 0) is 29.8 Å². The van der Waals surface area contributed by atoms with Crippen molar-refractivity contribution < 1.29 is 23.5 Å². The molecule has 2 aromatic carbocycles. The second-order valence-corrected chi connectivity index (χ2v) is 5.35. The number of carbonyl (C=O) groups excluding carboxylic acids is 1. The van der Waals surface area contributed by atoms with Gasteiger partial charge in [-0.3, -0.25) is 4.79 Å². The van der Waals surface area contributed by atoms with Crippen molar-refractivity contribution in [2.45, 2.75) is 18.9 Å². The highest BCUT2D eigenvalue weighted by Crippen LogP contribution is 2.13. The molecule has 1 atom stereocenters. The Morgan fingerprint density at radius 1 is 1.16 bits per heavy atom. The van der Waals surface area contributed by atoms with E-state index >= 15 is 0 Å². The van der Waals surface area contributed by atoms with Crippen LogP contribution in [0.1, 0.15) is 16.7 Å². The Morgan fingerprint density at radius 3 is 2.40 bits per heavy atom. The van der Waals surface area contributed by atoms with E-state index in [1.807, 2.05) is 6.07 Å². The lowest BCUT2D eigenvalue weighted by molar-refractivity contribution is -0.141. The van der Waals surface area contributed by atoms with Crippen molar-refractivity contribution >= 4 is 11.9 Å². The van der Waals surface area contributed by atoms with Gasteiger partial charge in [-0.15, -0.1) is 0 Å². The highest BCUT2D eigenvalue weighted by atomic mass is 19.1. The Morgan fingerprint density at radius 2 is 1.80 bits per heavy atom. The summed E-state index contributed by atoms with van der Waals surface area (Å²) >= 11 is 0. The summed E-state index contributed by atoms with van der Waals surface area (Å²) in [6.07, 6.45) is -0.670. The zero-order valence-electron chi connectivity index (χ0n) is 13.0. The number of nitrogens with one attached hydrogen (secondary N) is 1. The van der Waals surface area contributed by atoms with Gasteiger partial charge in [0.1, 0.15) is 17.7 Å². The van der Waals surface area contributed by atoms with Gasteiger partial charge in [-0.25, -0.2) is 13.6 Å². The summed E-state index contributed by atoms with van der Waals surface area (Å²) in [5.74, 6) is -3.84. The van der Waals surface area contributed by atoms with Gasteiger partial charge in [0.25, 0.3) is 0 Å². The second-order valence-electron chi connectivity index (χ2n) is 5.35. The summed E-state index contributed by atoms with van der Waals surface area (Å²) in [5.41, 5.74) is 0.487. The van der Waals surface area contributed by atoms with Crippen LogP contribution < -0.4 is 5.32 Å². The Hall–Kier alpha value is -3.27. The average molecular weight is 344 g/mol. The highest BCUT2D eigenvalue weighted by Gasteiger charge is 2.22. The predicted molar refractivity (Wildman–Crippen MR) is 84.5 cm³/mol. The third kappa shape index (κ3) is 4.85. The van der Waals surface area contributed by atoms with Crippen LogP contribution in [-0.2, 0) is 22.4 Å². The third-order valence-electron chi connectivity index (χ3n) is 3.53. The maximum absolute atomic E-state index is 13.6. The zero-order chi connectivity index (χ0) is 18.4. The predicted octanol–water partition coefficient (Wildman–Crippen LogP) is 2.19. The number of carboxylic acid groups (broad SMARTS) is 1. The van der Waals surface area contributed by atoms with E-state index in [4.69, 9.17) is 5.26 Å². The molecule has 0 aliphatic rings. The van der Waals surface area contributed by atoms with Gasteiger partial charge in [0, 0.05) is 12.0 Å². The molecule has 0 fully saturated rings. The van der Waals surface area contributed by atoms with Crippen LogP contribution in [0.4, 0.5) is 8.78 Å². The second kappa shape index (κ2) is 8.02. The molecule has 2 aromatic rings. The van der Waals surface area contributed by atoms with Gasteiger partial charge in [-0.2, -0.15) is 5.26 Å². The van der Waals surface area contributed by atoms with Crippen molar-refractivity contribution in [2.24, 2.45) is 0 Å². The number of benzene rings is 2. The molecule has 0 saturated carbocycles. The smallest absolute Gasteiger partial charge is 0.326 e. The third-order valence-corrected chi connectivity index (χ3v) is 3.53. The molecular weight excluding hydrogens is 330 g/mol. The van der Waals surface area contributed by atoms with Gasteiger partial charge in [0.2, 0.25) is 5.91 Å². The molecule has 1 amide bonds. The van der Waals surface area contributed by atoms with Crippen LogP contribution in [0, 0.1) is 23.0 Å². The molecule has 0 spiro atoms. The fourth-order valence-corrected chi connectivity index (χ4v) is 2.31. The minimum Gasteiger partial charge on any atom is -0.480 e. The quantitative estimate of drug-likeness (QED) is 0.840. The van der Waals surface area contributed by atoms with Crippen LogP contribution in [0.25, 0.3) is 0 Å². The van der Waals surface area contributed by atoms with Gasteiger partial charge in [-0.1, -0.05) is 18.2 Å². The van der Waals surface area contributed by atoms with E-state index in [-0.39, 0.29) is 6.42 Å². The summed E-state index contributed by atoms with van der Waals surface area (Å²) < 4.78 is 27.1. The summed E-state index contributed by atoms with van der Waals surface area (Å²) in [7, 11) is 0. The number of halogens is 2. The average Bonchev–Trinajstić information content (AvgIpc) is 2.58. The van der Waals surface area contributed by atoms with Crippen LogP contribution in [0.3, 0.4) is 0 Å². The highest BCUT2D eigenvalue weighted by molar-refractivity contribution is 5.85. The molecule has 0 radical (unpaired) electrons. The van der Waals surface area contributed by atoms with Gasteiger partial charge < -0.3 is 10.4 Å². The number of nitrogens with zero attached hydrogens (tertiary/aromatic N) is 1. The molecule has 7 heteroatoms. The molecule has 0 aliphatic carbocycles. The SMILES string of the molecule is N#Cc1cccc(C[C@@H](NC(=O)Cc2c(F)cccc2F)C(=O)O)c1. The number of hydrogen-bond acceptors (Lipinski definition) is 3. The van der Waals surface area contributed by atoms with Gasteiger partial charge in [0.05, 0.1) is 18.1 Å². The number of carbonyl (C=O) groups is 2. The normalized spacial score (nSPS) is 11.4. The van der Waals surface area contributed by atoms with Crippen molar-refractivity contribution in [1.82, 2.24) is 5.32 Å². The zero-order valence-corrected chi connectivity index (χ0v) is 13.0. The monoisotopic (exact) mass is 344 g/mol. The maximum atomic E-state index is 13.6. The molecule has 0 heterocycles. The molecule has 5 nitrogen and oxygen atoms in total. The van der Waals surface area contributed by atoms with Crippen LogP contribution in [-0.4, -0.2) is 23.0 Å². The first-order valence-corrected chi connectivity index (χ1v) is 7.35. The molecular formula is C18H14F2N2O3. The lowest BCUT2D eigenvalue weighted by Crippen LogP contribution is -2.43. The summed E-state index contributed by atoms with van der Waals surface area (Å²) in [5, 5.41) is 20.4. The molecule has 0 aliphatic heterocycles. The lowest BCUT2D eigenvalue weighted by atomic mass is 10.0. The summed E-state index contributed by atoms with van der Waals surface area (Å²) in [4.78, 5) is 23.3. The van der Waals surface area contributed by atoms with Crippen molar-refractivity contribution in [2.75, 3.05) is 0 Å². The van der Waals surface area contributed by atoms with E-state index in [9.17, 15) is 23.5 Å². The number of hydrogen-bond donors (Lipinski definition) is 2. The molecule has 0 bridgehead atoms. The number of amides is 1. The van der Waals surface area contributed by atoms with Crippen LogP contribution in [0.5, 0.6) is 0 Å². The number of rotatable bonds is 6. The Balaban J connectivity index is 2.09. The summed E-state index contributed by atoms with van der Waals surface area (Å²) in [6, 6.07) is 10.2. The number of carboxylic acids is 1. The van der Waals surface area contributed by atoms with Crippen molar-refractivity contribution in [3.05, 3.63) is 70.8 Å².